The molecule has 2 aliphatic rings. The molecule has 3 aromatic rings. The molecule has 1 aliphatic carbocycles. The Morgan fingerprint density at radius 3 is 2.66 bits per heavy atom. The molecule has 152 valence electrons. The fourth-order valence-corrected chi connectivity index (χ4v) is 4.23. The number of aryl methyl sites for hydroxylation is 3. The smallest absolute Gasteiger partial charge is 0.267 e. The molecular formula is C20H26N8O. The molecule has 0 bridgehead atoms. The Morgan fingerprint density at radius 1 is 0.966 bits per heavy atom. The van der Waals surface area contributed by atoms with Crippen molar-refractivity contribution in [3.8, 4) is 0 Å². The van der Waals surface area contributed by atoms with Crippen molar-refractivity contribution >= 4 is 5.65 Å². The first kappa shape index (κ1) is 18.4. The zero-order chi connectivity index (χ0) is 19.8. The van der Waals surface area contributed by atoms with E-state index in [2.05, 4.69) is 30.2 Å². The van der Waals surface area contributed by atoms with Crippen LogP contribution in [0.2, 0.25) is 0 Å². The highest BCUT2D eigenvalue weighted by atomic mass is 16.1. The summed E-state index contributed by atoms with van der Waals surface area (Å²) in [6, 6.07) is 5.69. The Kier molecular flexibility index (Phi) is 4.84. The maximum Gasteiger partial charge on any atom is 0.267 e. The summed E-state index contributed by atoms with van der Waals surface area (Å²) in [6.45, 7) is 8.12. The Hall–Kier alpha value is -2.65. The first-order chi connectivity index (χ1) is 14.2. The van der Waals surface area contributed by atoms with Crippen LogP contribution in [0.15, 0.2) is 23.0 Å². The van der Waals surface area contributed by atoms with Crippen LogP contribution < -0.4 is 5.56 Å². The summed E-state index contributed by atoms with van der Waals surface area (Å²) in [4.78, 5) is 17.1. The Labute approximate surface area is 169 Å². The van der Waals surface area contributed by atoms with E-state index in [1.807, 2.05) is 23.6 Å². The number of fused-ring (bicyclic) bond motifs is 2. The van der Waals surface area contributed by atoms with Crippen molar-refractivity contribution in [2.75, 3.05) is 32.7 Å². The van der Waals surface area contributed by atoms with Gasteiger partial charge in [0.05, 0.1) is 24.5 Å². The van der Waals surface area contributed by atoms with Gasteiger partial charge >= 0.3 is 0 Å². The summed E-state index contributed by atoms with van der Waals surface area (Å²) < 4.78 is 3.49. The zero-order valence-corrected chi connectivity index (χ0v) is 16.8. The fourth-order valence-electron chi connectivity index (χ4n) is 4.23. The van der Waals surface area contributed by atoms with Crippen LogP contribution in [0.4, 0.5) is 0 Å². The molecule has 0 atom stereocenters. The van der Waals surface area contributed by atoms with Crippen molar-refractivity contribution in [1.29, 1.82) is 0 Å². The van der Waals surface area contributed by atoms with E-state index in [9.17, 15) is 4.79 Å². The van der Waals surface area contributed by atoms with Crippen molar-refractivity contribution < 1.29 is 0 Å². The maximum absolute atomic E-state index is 12.3. The van der Waals surface area contributed by atoms with Crippen LogP contribution in [0.1, 0.15) is 29.2 Å². The lowest BCUT2D eigenvalue weighted by Crippen LogP contribution is -2.47. The van der Waals surface area contributed by atoms with Gasteiger partial charge in [0, 0.05) is 38.8 Å². The summed E-state index contributed by atoms with van der Waals surface area (Å²) >= 11 is 0. The highest BCUT2D eigenvalue weighted by molar-refractivity contribution is 5.36. The Balaban J connectivity index is 1.16. The third-order valence-electron chi connectivity index (χ3n) is 5.94. The molecule has 3 aromatic heterocycles. The SMILES string of the molecule is Cc1ccc2nnc(CN3CCN(CCn4nc5c(cc4=O)CCC5)CC3)n2n1. The summed E-state index contributed by atoms with van der Waals surface area (Å²) in [7, 11) is 0. The molecule has 1 aliphatic heterocycles. The van der Waals surface area contributed by atoms with Gasteiger partial charge in [-0.05, 0) is 43.9 Å². The maximum atomic E-state index is 12.3. The lowest BCUT2D eigenvalue weighted by Gasteiger charge is -2.34. The molecule has 0 aromatic carbocycles. The minimum atomic E-state index is 0.0331. The third-order valence-corrected chi connectivity index (χ3v) is 5.94. The van der Waals surface area contributed by atoms with Gasteiger partial charge in [0.15, 0.2) is 11.5 Å². The second-order valence-corrected chi connectivity index (χ2v) is 8.01. The van der Waals surface area contributed by atoms with Crippen LogP contribution in [0.25, 0.3) is 5.65 Å². The molecule has 9 heteroatoms. The molecule has 0 radical (unpaired) electrons. The third kappa shape index (κ3) is 3.79. The summed E-state index contributed by atoms with van der Waals surface area (Å²) in [5, 5.41) is 17.6. The van der Waals surface area contributed by atoms with Crippen LogP contribution in [0.3, 0.4) is 0 Å². The average molecular weight is 394 g/mol. The highest BCUT2D eigenvalue weighted by Crippen LogP contribution is 2.17. The van der Waals surface area contributed by atoms with Gasteiger partial charge in [-0.3, -0.25) is 14.6 Å². The summed E-state index contributed by atoms with van der Waals surface area (Å²) in [5.74, 6) is 0.881. The topological polar surface area (TPSA) is 84.5 Å². The van der Waals surface area contributed by atoms with Gasteiger partial charge in [-0.1, -0.05) is 0 Å². The zero-order valence-electron chi connectivity index (χ0n) is 16.8. The monoisotopic (exact) mass is 394 g/mol. The minimum absolute atomic E-state index is 0.0331. The van der Waals surface area contributed by atoms with Crippen molar-refractivity contribution in [1.82, 2.24) is 39.4 Å². The molecule has 1 saturated heterocycles. The van der Waals surface area contributed by atoms with Gasteiger partial charge in [-0.2, -0.15) is 14.7 Å². The molecule has 5 rings (SSSR count). The number of aromatic nitrogens is 6. The molecule has 0 saturated carbocycles. The highest BCUT2D eigenvalue weighted by Gasteiger charge is 2.20. The van der Waals surface area contributed by atoms with Gasteiger partial charge in [-0.15, -0.1) is 10.2 Å². The van der Waals surface area contributed by atoms with E-state index in [0.29, 0.717) is 6.54 Å². The predicted molar refractivity (Wildman–Crippen MR) is 108 cm³/mol. The van der Waals surface area contributed by atoms with Gasteiger partial charge in [-0.25, -0.2) is 4.68 Å². The van der Waals surface area contributed by atoms with E-state index < -0.39 is 0 Å². The van der Waals surface area contributed by atoms with Gasteiger partial charge in [0.25, 0.3) is 5.56 Å². The molecular weight excluding hydrogens is 368 g/mol. The molecule has 0 spiro atoms. The van der Waals surface area contributed by atoms with E-state index in [-0.39, 0.29) is 5.56 Å². The fraction of sp³-hybridized carbons (Fsp3) is 0.550. The van der Waals surface area contributed by atoms with Crippen LogP contribution >= 0.6 is 0 Å². The van der Waals surface area contributed by atoms with Gasteiger partial charge in [0.2, 0.25) is 0 Å². The van der Waals surface area contributed by atoms with E-state index in [4.69, 9.17) is 0 Å². The number of hydrogen-bond donors (Lipinski definition) is 0. The van der Waals surface area contributed by atoms with Crippen molar-refractivity contribution in [2.45, 2.75) is 39.3 Å². The van der Waals surface area contributed by atoms with E-state index >= 15 is 0 Å². The van der Waals surface area contributed by atoms with Crippen molar-refractivity contribution in [2.24, 2.45) is 0 Å². The van der Waals surface area contributed by atoms with E-state index in [1.165, 1.54) is 0 Å². The molecule has 0 unspecified atom stereocenters. The Morgan fingerprint density at radius 2 is 1.79 bits per heavy atom. The molecule has 1 fully saturated rings. The summed E-state index contributed by atoms with van der Waals surface area (Å²) in [5.41, 5.74) is 4.03. The predicted octanol–water partition coefficient (Wildman–Crippen LogP) is 0.296. The van der Waals surface area contributed by atoms with Crippen molar-refractivity contribution in [3.05, 3.63) is 51.3 Å². The first-order valence-electron chi connectivity index (χ1n) is 10.4. The minimum Gasteiger partial charge on any atom is -0.299 e. The Bertz CT molecular complexity index is 1080. The molecule has 0 N–H and O–H groups in total. The second kappa shape index (κ2) is 7.64. The van der Waals surface area contributed by atoms with E-state index in [1.54, 1.807) is 10.7 Å². The van der Waals surface area contributed by atoms with Crippen molar-refractivity contribution in [3.63, 3.8) is 0 Å². The average Bonchev–Trinajstić information content (AvgIpc) is 3.33. The number of hydrogen-bond acceptors (Lipinski definition) is 7. The number of rotatable bonds is 5. The van der Waals surface area contributed by atoms with Crippen LogP contribution in [-0.2, 0) is 25.9 Å². The standard InChI is InChI=1S/C20H26N8O/c1-15-5-6-18-21-22-19(28(18)23-15)14-26-9-7-25(8-10-26)11-12-27-20(29)13-16-3-2-4-17(16)24-27/h5-6,13H,2-4,7-12,14H2,1H3. The van der Waals surface area contributed by atoms with Crippen LogP contribution in [0.5, 0.6) is 0 Å². The first-order valence-corrected chi connectivity index (χ1v) is 10.4. The van der Waals surface area contributed by atoms with Crippen LogP contribution in [-0.4, -0.2) is 72.1 Å². The second-order valence-electron chi connectivity index (χ2n) is 8.01. The lowest BCUT2D eigenvalue weighted by atomic mass is 10.2. The van der Waals surface area contributed by atoms with E-state index in [0.717, 1.165) is 87.0 Å². The lowest BCUT2D eigenvalue weighted by molar-refractivity contribution is 0.120. The normalized spacial score (nSPS) is 17.8. The van der Waals surface area contributed by atoms with Gasteiger partial charge in [0.1, 0.15) is 0 Å². The molecule has 29 heavy (non-hydrogen) atoms. The molecule has 0 amide bonds. The quantitative estimate of drug-likeness (QED) is 0.615. The summed E-state index contributed by atoms with van der Waals surface area (Å²) in [6.07, 6.45) is 3.11. The number of piperazine rings is 1. The number of nitrogens with zero attached hydrogens (tertiary/aromatic N) is 8. The van der Waals surface area contributed by atoms with Gasteiger partial charge < -0.3 is 0 Å². The largest absolute Gasteiger partial charge is 0.299 e. The molecule has 4 heterocycles. The molecule has 9 nitrogen and oxygen atoms in total. The van der Waals surface area contributed by atoms with Crippen LogP contribution in [0, 0.1) is 6.92 Å².